The van der Waals surface area contributed by atoms with Gasteiger partial charge < -0.3 is 20.9 Å². The normalized spacial score (nSPS) is 21.5. The summed E-state index contributed by atoms with van der Waals surface area (Å²) >= 11 is 0. The lowest BCUT2D eigenvalue weighted by Crippen LogP contribution is -2.34. The number of carboxylic acid groups (broad SMARTS) is 1. The third kappa shape index (κ3) is 2.91. The summed E-state index contributed by atoms with van der Waals surface area (Å²) in [6, 6.07) is 4.29. The molecule has 1 aliphatic carbocycles. The number of aromatic carboxylic acids is 1. The molecule has 1 amide bonds. The molecule has 0 aliphatic heterocycles. The lowest BCUT2D eigenvalue weighted by Gasteiger charge is -2.16. The fourth-order valence-electron chi connectivity index (χ4n) is 2.48. The second-order valence-corrected chi connectivity index (χ2v) is 4.91. The molecule has 1 aliphatic rings. The molecule has 0 heterocycles. The van der Waals surface area contributed by atoms with Crippen molar-refractivity contribution in [3.63, 3.8) is 0 Å². The second kappa shape index (κ2) is 5.92. The number of nitrogens with one attached hydrogen (secondary N) is 1. The van der Waals surface area contributed by atoms with Crippen LogP contribution in [0.15, 0.2) is 18.2 Å². The number of ether oxygens (including phenoxy) is 1. The van der Waals surface area contributed by atoms with Crippen molar-refractivity contribution in [3.05, 3.63) is 23.8 Å². The van der Waals surface area contributed by atoms with Crippen molar-refractivity contribution in [3.8, 4) is 5.75 Å². The van der Waals surface area contributed by atoms with E-state index in [1.807, 2.05) is 0 Å². The van der Waals surface area contributed by atoms with Gasteiger partial charge in [0.2, 0.25) is 5.91 Å². The van der Waals surface area contributed by atoms with Crippen molar-refractivity contribution in [2.45, 2.75) is 25.3 Å². The minimum atomic E-state index is -1.10. The van der Waals surface area contributed by atoms with Crippen molar-refractivity contribution < 1.29 is 19.4 Å². The van der Waals surface area contributed by atoms with Crippen LogP contribution in [0.5, 0.6) is 5.75 Å². The molecule has 4 N–H and O–H groups in total. The maximum absolute atomic E-state index is 12.2. The molecule has 6 nitrogen and oxygen atoms in total. The molecule has 6 heteroatoms. The number of rotatable bonds is 4. The lowest BCUT2D eigenvalue weighted by molar-refractivity contribution is -0.120. The molecular weight excluding hydrogens is 260 g/mol. The Morgan fingerprint density at radius 2 is 2.15 bits per heavy atom. The maximum Gasteiger partial charge on any atom is 0.337 e. The molecule has 1 fully saturated rings. The Hall–Kier alpha value is -2.08. The van der Waals surface area contributed by atoms with Crippen molar-refractivity contribution in [2.75, 3.05) is 12.4 Å². The Balaban J connectivity index is 2.22. The van der Waals surface area contributed by atoms with Crippen LogP contribution in [-0.2, 0) is 4.79 Å². The number of carbonyl (C=O) groups is 2. The van der Waals surface area contributed by atoms with Crippen molar-refractivity contribution in [1.29, 1.82) is 0 Å². The minimum absolute atomic E-state index is 0.0331. The number of methoxy groups -OCH3 is 1. The van der Waals surface area contributed by atoms with E-state index in [-0.39, 0.29) is 29.1 Å². The molecule has 1 saturated carbocycles. The number of hydrogen-bond acceptors (Lipinski definition) is 4. The highest BCUT2D eigenvalue weighted by Crippen LogP contribution is 2.27. The van der Waals surface area contributed by atoms with E-state index in [0.717, 1.165) is 19.3 Å². The zero-order chi connectivity index (χ0) is 14.7. The maximum atomic E-state index is 12.2. The van der Waals surface area contributed by atoms with Crippen LogP contribution in [0.25, 0.3) is 0 Å². The summed E-state index contributed by atoms with van der Waals surface area (Å²) in [7, 11) is 1.48. The third-order valence-corrected chi connectivity index (χ3v) is 3.62. The fourth-order valence-corrected chi connectivity index (χ4v) is 2.48. The van der Waals surface area contributed by atoms with Crippen molar-refractivity contribution in [1.82, 2.24) is 0 Å². The molecule has 20 heavy (non-hydrogen) atoms. The zero-order valence-electron chi connectivity index (χ0n) is 11.3. The Morgan fingerprint density at radius 1 is 1.40 bits per heavy atom. The highest BCUT2D eigenvalue weighted by atomic mass is 16.5. The van der Waals surface area contributed by atoms with Crippen LogP contribution in [0.2, 0.25) is 0 Å². The van der Waals surface area contributed by atoms with Crippen molar-refractivity contribution >= 4 is 17.6 Å². The largest absolute Gasteiger partial charge is 0.497 e. The second-order valence-electron chi connectivity index (χ2n) is 4.91. The number of anilines is 1. The van der Waals surface area contributed by atoms with Crippen LogP contribution in [0, 0.1) is 5.92 Å². The summed E-state index contributed by atoms with van der Waals surface area (Å²) < 4.78 is 5.05. The first-order chi connectivity index (χ1) is 9.52. The van der Waals surface area contributed by atoms with Gasteiger partial charge >= 0.3 is 5.97 Å². The molecule has 0 saturated heterocycles. The van der Waals surface area contributed by atoms with E-state index in [1.54, 1.807) is 6.07 Å². The number of hydrogen-bond donors (Lipinski definition) is 3. The lowest BCUT2D eigenvalue weighted by atomic mass is 10.0. The Kier molecular flexibility index (Phi) is 4.24. The van der Waals surface area contributed by atoms with Gasteiger partial charge in [0.05, 0.1) is 24.3 Å². The van der Waals surface area contributed by atoms with Crippen LogP contribution in [0.1, 0.15) is 29.6 Å². The van der Waals surface area contributed by atoms with E-state index in [1.165, 1.54) is 19.2 Å². The summed E-state index contributed by atoms with van der Waals surface area (Å²) in [4.78, 5) is 23.3. The number of carboxylic acids is 1. The molecule has 0 aromatic heterocycles. The molecule has 0 bridgehead atoms. The first-order valence-corrected chi connectivity index (χ1v) is 6.50. The van der Waals surface area contributed by atoms with E-state index in [9.17, 15) is 9.59 Å². The van der Waals surface area contributed by atoms with E-state index in [4.69, 9.17) is 15.6 Å². The van der Waals surface area contributed by atoms with Crippen LogP contribution in [0.4, 0.5) is 5.69 Å². The monoisotopic (exact) mass is 278 g/mol. The zero-order valence-corrected chi connectivity index (χ0v) is 11.3. The summed E-state index contributed by atoms with van der Waals surface area (Å²) in [6.07, 6.45) is 2.48. The Labute approximate surface area is 116 Å². The topological polar surface area (TPSA) is 102 Å². The van der Waals surface area contributed by atoms with E-state index in [2.05, 4.69) is 5.32 Å². The van der Waals surface area contributed by atoms with E-state index < -0.39 is 5.97 Å². The van der Waals surface area contributed by atoms with Gasteiger partial charge in [-0.05, 0) is 25.0 Å². The average molecular weight is 278 g/mol. The van der Waals surface area contributed by atoms with Crippen LogP contribution in [-0.4, -0.2) is 30.1 Å². The van der Waals surface area contributed by atoms with Crippen molar-refractivity contribution in [2.24, 2.45) is 11.7 Å². The molecule has 2 unspecified atom stereocenters. The summed E-state index contributed by atoms with van der Waals surface area (Å²) in [6.45, 7) is 0. The molecule has 1 aromatic rings. The molecule has 0 radical (unpaired) electrons. The molecule has 1 aromatic carbocycles. The molecule has 0 spiro atoms. The van der Waals surface area contributed by atoms with E-state index in [0.29, 0.717) is 5.75 Å². The molecular formula is C14H18N2O4. The van der Waals surface area contributed by atoms with Gasteiger partial charge in [0, 0.05) is 12.1 Å². The average Bonchev–Trinajstić information content (AvgIpc) is 2.84. The highest BCUT2D eigenvalue weighted by molar-refractivity contribution is 6.01. The smallest absolute Gasteiger partial charge is 0.337 e. The van der Waals surface area contributed by atoms with Gasteiger partial charge in [0.15, 0.2) is 0 Å². The summed E-state index contributed by atoms with van der Waals surface area (Å²) in [5, 5.41) is 11.8. The highest BCUT2D eigenvalue weighted by Gasteiger charge is 2.30. The quantitative estimate of drug-likeness (QED) is 0.774. The molecule has 2 rings (SSSR count). The van der Waals surface area contributed by atoms with Gasteiger partial charge in [0.1, 0.15) is 5.75 Å². The van der Waals surface area contributed by atoms with Gasteiger partial charge in [-0.3, -0.25) is 4.79 Å². The first-order valence-electron chi connectivity index (χ1n) is 6.50. The Bertz CT molecular complexity index is 530. The summed E-state index contributed by atoms with van der Waals surface area (Å²) in [5.74, 6) is -1.10. The number of benzene rings is 1. The molecule has 2 atom stereocenters. The van der Waals surface area contributed by atoms with Gasteiger partial charge in [-0.1, -0.05) is 6.42 Å². The third-order valence-electron chi connectivity index (χ3n) is 3.62. The minimum Gasteiger partial charge on any atom is -0.497 e. The van der Waals surface area contributed by atoms with Gasteiger partial charge in [-0.2, -0.15) is 0 Å². The van der Waals surface area contributed by atoms with Gasteiger partial charge in [0.25, 0.3) is 0 Å². The van der Waals surface area contributed by atoms with Gasteiger partial charge in [-0.25, -0.2) is 4.79 Å². The predicted molar refractivity (Wildman–Crippen MR) is 73.9 cm³/mol. The Morgan fingerprint density at radius 3 is 2.70 bits per heavy atom. The van der Waals surface area contributed by atoms with Crippen LogP contribution in [0.3, 0.4) is 0 Å². The SMILES string of the molecule is COc1ccc(C(=O)O)c(NC(=O)C2CCCC2N)c1. The van der Waals surface area contributed by atoms with Crippen LogP contribution >= 0.6 is 0 Å². The fraction of sp³-hybridized carbons (Fsp3) is 0.429. The van der Waals surface area contributed by atoms with Crippen LogP contribution < -0.4 is 15.8 Å². The van der Waals surface area contributed by atoms with E-state index >= 15 is 0 Å². The summed E-state index contributed by atoms with van der Waals surface area (Å²) in [5.41, 5.74) is 6.16. The number of nitrogens with two attached hydrogens (primary N) is 1. The predicted octanol–water partition coefficient (Wildman–Crippen LogP) is 1.46. The first kappa shape index (κ1) is 14.3. The number of amides is 1. The van der Waals surface area contributed by atoms with Gasteiger partial charge in [-0.15, -0.1) is 0 Å². The standard InChI is InChI=1S/C14H18N2O4/c1-20-8-5-6-10(14(18)19)12(7-8)16-13(17)9-3-2-4-11(9)15/h5-7,9,11H,2-4,15H2,1H3,(H,16,17)(H,18,19). The molecule has 108 valence electrons. The number of carbonyl (C=O) groups excluding carboxylic acids is 1.